The molecule has 2 heterocycles. The Morgan fingerprint density at radius 1 is 1.11 bits per heavy atom. The summed E-state index contributed by atoms with van der Waals surface area (Å²) in [5.41, 5.74) is -0.200. The van der Waals surface area contributed by atoms with E-state index in [1.54, 1.807) is 24.4 Å². The molecule has 134 valence electrons. The molecule has 0 fully saturated rings. The Hall–Kier alpha value is -3.88. The van der Waals surface area contributed by atoms with Gasteiger partial charge in [0.1, 0.15) is 0 Å². The van der Waals surface area contributed by atoms with Crippen molar-refractivity contribution in [3.05, 3.63) is 80.8 Å². The number of carbonyl (C=O) groups is 1. The molecule has 0 saturated carbocycles. The number of benzene rings is 2. The van der Waals surface area contributed by atoms with E-state index >= 15 is 0 Å². The van der Waals surface area contributed by atoms with Gasteiger partial charge in [0.25, 0.3) is 17.2 Å². The van der Waals surface area contributed by atoms with Crippen LogP contribution < -0.4 is 5.56 Å². The number of nitro benzene ring substituents is 1. The number of aliphatic imine (C=N–C) groups is 1. The quantitative estimate of drug-likeness (QED) is 0.508. The van der Waals surface area contributed by atoms with Gasteiger partial charge in [0, 0.05) is 29.6 Å². The van der Waals surface area contributed by atoms with Gasteiger partial charge in [0.15, 0.2) is 0 Å². The first-order valence-corrected chi connectivity index (χ1v) is 8.14. The summed E-state index contributed by atoms with van der Waals surface area (Å²) in [5.74, 6) is -0.253. The van der Waals surface area contributed by atoms with E-state index in [1.807, 2.05) is 6.07 Å². The van der Waals surface area contributed by atoms with Crippen molar-refractivity contribution in [2.24, 2.45) is 4.99 Å². The number of nitro groups is 1. The minimum Gasteiger partial charge on any atom is -0.275 e. The van der Waals surface area contributed by atoms with Gasteiger partial charge in [0.05, 0.1) is 23.1 Å². The Morgan fingerprint density at radius 3 is 2.59 bits per heavy atom. The summed E-state index contributed by atoms with van der Waals surface area (Å²) < 4.78 is 1.11. The molecule has 2 aromatic carbocycles. The molecule has 3 aromatic rings. The van der Waals surface area contributed by atoms with Crippen molar-refractivity contribution in [3.63, 3.8) is 0 Å². The van der Waals surface area contributed by atoms with Crippen LogP contribution in [0.2, 0.25) is 0 Å². The van der Waals surface area contributed by atoms with Crippen LogP contribution in [0.4, 0.5) is 5.69 Å². The number of rotatable bonds is 2. The van der Waals surface area contributed by atoms with Crippen LogP contribution in [0.15, 0.2) is 64.5 Å². The zero-order valence-corrected chi connectivity index (χ0v) is 14.0. The minimum atomic E-state index is -0.532. The van der Waals surface area contributed by atoms with Crippen molar-refractivity contribution in [1.82, 2.24) is 14.7 Å². The topological polar surface area (TPSA) is 111 Å². The van der Waals surface area contributed by atoms with Crippen LogP contribution in [0.1, 0.15) is 10.4 Å². The third kappa shape index (κ3) is 2.84. The summed E-state index contributed by atoms with van der Waals surface area (Å²) >= 11 is 0. The maximum absolute atomic E-state index is 12.8. The lowest BCUT2D eigenvalue weighted by molar-refractivity contribution is -0.384. The van der Waals surface area contributed by atoms with E-state index in [-0.39, 0.29) is 22.8 Å². The molecule has 0 spiro atoms. The van der Waals surface area contributed by atoms with Gasteiger partial charge < -0.3 is 0 Å². The molecule has 0 aliphatic carbocycles. The molecule has 0 unspecified atom stereocenters. The number of non-ortho nitro benzene ring substituents is 1. The average Bonchev–Trinajstić information content (AvgIpc) is 3.17. The first-order valence-electron chi connectivity index (χ1n) is 8.14. The van der Waals surface area contributed by atoms with Gasteiger partial charge >= 0.3 is 0 Å². The summed E-state index contributed by atoms with van der Waals surface area (Å²) in [4.78, 5) is 41.4. The van der Waals surface area contributed by atoms with Crippen LogP contribution in [-0.4, -0.2) is 44.6 Å². The monoisotopic (exact) mass is 363 g/mol. The first kappa shape index (κ1) is 16.6. The Labute approximate surface area is 152 Å². The van der Waals surface area contributed by atoms with Crippen LogP contribution in [0, 0.1) is 10.1 Å². The van der Waals surface area contributed by atoms with Crippen molar-refractivity contribution >= 4 is 28.3 Å². The first-order chi connectivity index (χ1) is 13.1. The van der Waals surface area contributed by atoms with E-state index in [4.69, 9.17) is 0 Å². The lowest BCUT2D eigenvalue weighted by atomic mass is 10.2. The van der Waals surface area contributed by atoms with Crippen molar-refractivity contribution in [2.75, 3.05) is 13.1 Å². The Balaban J connectivity index is 1.70. The Kier molecular flexibility index (Phi) is 3.96. The summed E-state index contributed by atoms with van der Waals surface area (Å²) in [6.07, 6.45) is 1.55. The van der Waals surface area contributed by atoms with Gasteiger partial charge in [0.2, 0.25) is 5.96 Å². The normalized spacial score (nSPS) is 13.6. The summed E-state index contributed by atoms with van der Waals surface area (Å²) in [7, 11) is 0. The molecule has 1 aliphatic heterocycles. The molecule has 27 heavy (non-hydrogen) atoms. The zero-order valence-electron chi connectivity index (χ0n) is 14.0. The van der Waals surface area contributed by atoms with Gasteiger partial charge in [-0.25, -0.2) is 4.99 Å². The fourth-order valence-corrected chi connectivity index (χ4v) is 2.92. The van der Waals surface area contributed by atoms with Gasteiger partial charge in [-0.3, -0.25) is 24.6 Å². The number of carbonyl (C=O) groups excluding carboxylic acids is 1. The number of aromatic nitrogens is 2. The predicted molar refractivity (Wildman–Crippen MR) is 97.8 cm³/mol. The summed E-state index contributed by atoms with van der Waals surface area (Å²) in [5, 5.41) is 16.1. The molecule has 9 heteroatoms. The van der Waals surface area contributed by atoms with Crippen molar-refractivity contribution < 1.29 is 9.72 Å². The molecule has 0 bridgehead atoms. The van der Waals surface area contributed by atoms with E-state index in [9.17, 15) is 19.7 Å². The fraction of sp³-hybridized carbons (Fsp3) is 0.111. The van der Waals surface area contributed by atoms with Crippen molar-refractivity contribution in [2.45, 2.75) is 0 Å². The summed E-state index contributed by atoms with van der Waals surface area (Å²) in [6, 6.07) is 12.3. The molecular weight excluding hydrogens is 350 g/mol. The number of hydrogen-bond donors (Lipinski definition) is 0. The van der Waals surface area contributed by atoms with E-state index in [2.05, 4.69) is 10.1 Å². The lowest BCUT2D eigenvalue weighted by Gasteiger charge is -2.18. The van der Waals surface area contributed by atoms with Gasteiger partial charge in [-0.1, -0.05) is 18.2 Å². The van der Waals surface area contributed by atoms with Crippen molar-refractivity contribution in [1.29, 1.82) is 0 Å². The van der Waals surface area contributed by atoms with Crippen LogP contribution in [0.3, 0.4) is 0 Å². The summed E-state index contributed by atoms with van der Waals surface area (Å²) in [6.45, 7) is 0.640. The van der Waals surface area contributed by atoms with Crippen molar-refractivity contribution in [3.8, 4) is 0 Å². The van der Waals surface area contributed by atoms with E-state index < -0.39 is 10.8 Å². The number of nitrogens with zero attached hydrogens (tertiary/aromatic N) is 5. The number of fused-ring (bicyclic) bond motifs is 1. The van der Waals surface area contributed by atoms with E-state index in [1.165, 1.54) is 29.2 Å². The third-order valence-electron chi connectivity index (χ3n) is 4.27. The molecule has 1 aliphatic rings. The predicted octanol–water partition coefficient (Wildman–Crippen LogP) is 1.66. The third-order valence-corrected chi connectivity index (χ3v) is 4.27. The molecular formula is C18H13N5O4. The van der Waals surface area contributed by atoms with Crippen LogP contribution in [0.25, 0.3) is 10.8 Å². The van der Waals surface area contributed by atoms with Crippen LogP contribution >= 0.6 is 0 Å². The second-order valence-corrected chi connectivity index (χ2v) is 5.89. The molecule has 0 radical (unpaired) electrons. The molecule has 9 nitrogen and oxygen atoms in total. The molecule has 1 aromatic heterocycles. The van der Waals surface area contributed by atoms with E-state index in [0.717, 1.165) is 4.68 Å². The number of amides is 1. The van der Waals surface area contributed by atoms with Gasteiger partial charge in [-0.05, 0) is 18.2 Å². The second-order valence-electron chi connectivity index (χ2n) is 5.89. The van der Waals surface area contributed by atoms with Crippen LogP contribution in [0.5, 0.6) is 0 Å². The standard InChI is InChI=1S/C18H13N5O4/c24-16(12-5-7-14(8-6-12)23(26)27)21-10-9-19-18(21)22-17(25)15-4-2-1-3-13(15)11-20-22/h1-8,11H,9-10H2. The maximum Gasteiger partial charge on any atom is 0.282 e. The lowest BCUT2D eigenvalue weighted by Crippen LogP contribution is -2.43. The smallest absolute Gasteiger partial charge is 0.275 e. The maximum atomic E-state index is 12.8. The highest BCUT2D eigenvalue weighted by Gasteiger charge is 2.28. The molecule has 4 rings (SSSR count). The van der Waals surface area contributed by atoms with Crippen LogP contribution in [-0.2, 0) is 0 Å². The minimum absolute atomic E-state index is 0.103. The number of hydrogen-bond acceptors (Lipinski definition) is 6. The fourth-order valence-electron chi connectivity index (χ4n) is 2.92. The zero-order chi connectivity index (χ0) is 19.0. The molecule has 0 saturated heterocycles. The van der Waals surface area contributed by atoms with Gasteiger partial charge in [-0.2, -0.15) is 9.78 Å². The Morgan fingerprint density at radius 2 is 1.85 bits per heavy atom. The highest BCUT2D eigenvalue weighted by atomic mass is 16.6. The average molecular weight is 363 g/mol. The molecule has 0 atom stereocenters. The molecule has 0 N–H and O–H groups in total. The van der Waals surface area contributed by atoms with Gasteiger partial charge in [-0.15, -0.1) is 0 Å². The largest absolute Gasteiger partial charge is 0.282 e. The molecule has 1 amide bonds. The second kappa shape index (κ2) is 6.45. The highest BCUT2D eigenvalue weighted by molar-refractivity contribution is 6.07. The Bertz CT molecular complexity index is 1150. The SMILES string of the molecule is O=C(c1ccc([N+](=O)[O-])cc1)N1CCN=C1n1ncc2ccccc2c1=O. The highest BCUT2D eigenvalue weighted by Crippen LogP contribution is 2.16. The van der Waals surface area contributed by atoms with E-state index in [0.29, 0.717) is 23.9 Å².